The van der Waals surface area contributed by atoms with Crippen LogP contribution in [-0.2, 0) is 23.6 Å². The highest BCUT2D eigenvalue weighted by molar-refractivity contribution is 5.59. The number of rotatable bonds is 6. The lowest BCUT2D eigenvalue weighted by molar-refractivity contribution is -0.0924. The minimum atomic E-state index is -4.56. The molecule has 5 heterocycles. The standard InChI is InChI=1S/C28H33F3N6O2/c1-19-5-4-8-35(12-19)13-20-9-23(28(29,30)31)24-15-36(26(38)37(24)14-20)22-7-3-6-21(10-22)27(16-39-17-27)11-25-33-32-18-34(25)2/h3,6-7,9-10,14-15,18-19,26,38H,4-5,8,11-13,16-17H2,1-2H3/t19-,26?/m0/s1. The van der Waals surface area contributed by atoms with Gasteiger partial charge in [0.25, 0.3) is 0 Å². The maximum absolute atomic E-state index is 14.2. The maximum Gasteiger partial charge on any atom is 0.418 e. The van der Waals surface area contributed by atoms with Crippen molar-refractivity contribution < 1.29 is 23.0 Å². The van der Waals surface area contributed by atoms with Gasteiger partial charge in [-0.15, -0.1) is 10.2 Å². The molecule has 0 aliphatic carbocycles. The molecule has 0 spiro atoms. The molecule has 1 aromatic heterocycles. The van der Waals surface area contributed by atoms with Crippen molar-refractivity contribution in [3.63, 3.8) is 0 Å². The number of benzene rings is 1. The van der Waals surface area contributed by atoms with E-state index in [0.29, 0.717) is 43.4 Å². The molecule has 0 radical (unpaired) electrons. The van der Waals surface area contributed by atoms with Crippen molar-refractivity contribution in [2.24, 2.45) is 13.0 Å². The largest absolute Gasteiger partial charge is 0.418 e. The van der Waals surface area contributed by atoms with Gasteiger partial charge in [-0.2, -0.15) is 13.2 Å². The molecule has 0 amide bonds. The van der Waals surface area contributed by atoms with Crippen LogP contribution in [0.1, 0.15) is 31.2 Å². The van der Waals surface area contributed by atoms with Crippen LogP contribution in [0, 0.1) is 5.92 Å². The zero-order valence-electron chi connectivity index (χ0n) is 22.1. The number of aromatic nitrogens is 3. The number of aliphatic hydroxyl groups is 1. The molecule has 6 rings (SSSR count). The summed E-state index contributed by atoms with van der Waals surface area (Å²) in [7, 11) is 1.89. The van der Waals surface area contributed by atoms with Crippen LogP contribution < -0.4 is 4.90 Å². The normalized spacial score (nSPS) is 25.1. The number of halogens is 3. The number of aliphatic hydroxyl groups excluding tert-OH is 1. The Morgan fingerprint density at radius 2 is 2.00 bits per heavy atom. The van der Waals surface area contributed by atoms with Crippen LogP contribution in [0.2, 0.25) is 0 Å². The van der Waals surface area contributed by atoms with E-state index in [4.69, 9.17) is 4.74 Å². The fraction of sp³-hybridized carbons (Fsp3) is 0.500. The van der Waals surface area contributed by atoms with Crippen molar-refractivity contribution in [1.29, 1.82) is 0 Å². The summed E-state index contributed by atoms with van der Waals surface area (Å²) in [6, 6.07) is 7.58. The molecule has 39 heavy (non-hydrogen) atoms. The zero-order valence-corrected chi connectivity index (χ0v) is 22.1. The lowest BCUT2D eigenvalue weighted by Crippen LogP contribution is -2.49. The molecule has 0 saturated carbocycles. The van der Waals surface area contributed by atoms with Crippen molar-refractivity contribution in [1.82, 2.24) is 24.6 Å². The molecule has 2 saturated heterocycles. The molecule has 1 unspecified atom stereocenters. The molecule has 4 aliphatic heterocycles. The van der Waals surface area contributed by atoms with E-state index < -0.39 is 18.1 Å². The van der Waals surface area contributed by atoms with E-state index in [1.807, 2.05) is 29.8 Å². The molecule has 11 heteroatoms. The van der Waals surface area contributed by atoms with E-state index in [9.17, 15) is 18.3 Å². The van der Waals surface area contributed by atoms with Crippen molar-refractivity contribution in [2.45, 2.75) is 44.1 Å². The number of hydrogen-bond donors (Lipinski definition) is 1. The molecule has 2 atom stereocenters. The first kappa shape index (κ1) is 26.1. The molecule has 2 fully saturated rings. The van der Waals surface area contributed by atoms with Crippen LogP contribution >= 0.6 is 0 Å². The Bertz CT molecular complexity index is 1330. The minimum Gasteiger partial charge on any atom is -0.379 e. The van der Waals surface area contributed by atoms with Crippen LogP contribution in [-0.4, -0.2) is 75.0 Å². The number of piperidine rings is 1. The van der Waals surface area contributed by atoms with Gasteiger partial charge in [-0.1, -0.05) is 19.1 Å². The van der Waals surface area contributed by atoms with E-state index >= 15 is 0 Å². The molecule has 208 valence electrons. The lowest BCUT2D eigenvalue weighted by Gasteiger charge is -2.42. The summed E-state index contributed by atoms with van der Waals surface area (Å²) in [5.41, 5.74) is 1.000. The van der Waals surface area contributed by atoms with Crippen molar-refractivity contribution >= 4 is 5.69 Å². The third-order valence-corrected chi connectivity index (χ3v) is 8.22. The van der Waals surface area contributed by atoms with E-state index in [2.05, 4.69) is 22.0 Å². The Morgan fingerprint density at radius 3 is 2.67 bits per heavy atom. The summed E-state index contributed by atoms with van der Waals surface area (Å²) in [4.78, 5) is 5.02. The Morgan fingerprint density at radius 1 is 1.18 bits per heavy atom. The fourth-order valence-corrected chi connectivity index (χ4v) is 6.04. The topological polar surface area (TPSA) is 69.9 Å². The summed E-state index contributed by atoms with van der Waals surface area (Å²) < 4.78 is 50.2. The molecular weight excluding hydrogens is 509 g/mol. The van der Waals surface area contributed by atoms with E-state index in [0.717, 1.165) is 37.3 Å². The van der Waals surface area contributed by atoms with E-state index in [1.54, 1.807) is 18.6 Å². The molecule has 8 nitrogen and oxygen atoms in total. The first-order chi connectivity index (χ1) is 18.6. The SMILES string of the molecule is C[C@H]1CCCN(CC2=CN3C(=CN(c4cccc(C5(Cc6nncn6C)COC5)c4)C3O)C(C(F)(F)F)=C2)C1. The Balaban J connectivity index is 1.29. The van der Waals surface area contributed by atoms with Crippen LogP contribution in [0.5, 0.6) is 0 Å². The number of allylic oxidation sites excluding steroid dienone is 1. The van der Waals surface area contributed by atoms with Crippen molar-refractivity contribution in [3.8, 4) is 0 Å². The number of alkyl halides is 3. The van der Waals surface area contributed by atoms with Crippen LogP contribution in [0.25, 0.3) is 0 Å². The van der Waals surface area contributed by atoms with Gasteiger partial charge in [0.2, 0.25) is 6.35 Å². The average Bonchev–Trinajstić information content (AvgIpc) is 3.43. The van der Waals surface area contributed by atoms with E-state index in [-0.39, 0.29) is 11.1 Å². The molecular formula is C28H33F3N6O2. The maximum atomic E-state index is 14.2. The van der Waals surface area contributed by atoms with Gasteiger partial charge in [-0.05, 0) is 54.6 Å². The van der Waals surface area contributed by atoms with Gasteiger partial charge in [0.1, 0.15) is 12.2 Å². The smallest absolute Gasteiger partial charge is 0.379 e. The number of likely N-dealkylation sites (tertiary alicyclic amines) is 1. The third kappa shape index (κ3) is 4.87. The van der Waals surface area contributed by atoms with Crippen molar-refractivity contribution in [2.75, 3.05) is 37.7 Å². The first-order valence-electron chi connectivity index (χ1n) is 13.3. The number of hydrogen-bond acceptors (Lipinski definition) is 7. The van der Waals surface area contributed by atoms with Crippen LogP contribution in [0.4, 0.5) is 18.9 Å². The van der Waals surface area contributed by atoms with Gasteiger partial charge in [0, 0.05) is 50.1 Å². The van der Waals surface area contributed by atoms with Crippen LogP contribution in [0.15, 0.2) is 65.9 Å². The molecule has 4 aliphatic rings. The highest BCUT2D eigenvalue weighted by Gasteiger charge is 2.46. The van der Waals surface area contributed by atoms with Gasteiger partial charge in [0.05, 0.1) is 24.5 Å². The molecule has 0 bridgehead atoms. The number of nitrogens with zero attached hydrogens (tertiary/aromatic N) is 6. The first-order valence-corrected chi connectivity index (χ1v) is 13.3. The average molecular weight is 543 g/mol. The van der Waals surface area contributed by atoms with Gasteiger partial charge in [0.15, 0.2) is 0 Å². The van der Waals surface area contributed by atoms with Gasteiger partial charge < -0.3 is 24.2 Å². The van der Waals surface area contributed by atoms with Gasteiger partial charge in [-0.3, -0.25) is 4.90 Å². The Hall–Kier alpha value is -3.15. The summed E-state index contributed by atoms with van der Waals surface area (Å²) in [5.74, 6) is 1.34. The van der Waals surface area contributed by atoms with Gasteiger partial charge in [-0.25, -0.2) is 0 Å². The second kappa shape index (κ2) is 9.79. The predicted molar refractivity (Wildman–Crippen MR) is 139 cm³/mol. The Kier molecular flexibility index (Phi) is 6.55. The monoisotopic (exact) mass is 542 g/mol. The predicted octanol–water partition coefficient (Wildman–Crippen LogP) is 3.68. The second-order valence-corrected chi connectivity index (χ2v) is 11.3. The quantitative estimate of drug-likeness (QED) is 0.597. The molecule has 2 aromatic rings. The number of ether oxygens (including phenoxy) is 1. The van der Waals surface area contributed by atoms with Crippen molar-refractivity contribution in [3.05, 3.63) is 77.3 Å². The van der Waals surface area contributed by atoms with E-state index in [1.165, 1.54) is 22.1 Å². The minimum absolute atomic E-state index is 0.0584. The number of aryl methyl sites for hydroxylation is 1. The second-order valence-electron chi connectivity index (χ2n) is 11.3. The zero-order chi connectivity index (χ0) is 27.4. The fourth-order valence-electron chi connectivity index (χ4n) is 6.04. The van der Waals surface area contributed by atoms with Crippen LogP contribution in [0.3, 0.4) is 0 Å². The third-order valence-electron chi connectivity index (χ3n) is 8.22. The lowest BCUT2D eigenvalue weighted by atomic mass is 9.75. The molecule has 1 aromatic carbocycles. The van der Waals surface area contributed by atoms with Gasteiger partial charge >= 0.3 is 6.18 Å². The number of fused-ring (bicyclic) bond motifs is 1. The summed E-state index contributed by atoms with van der Waals surface area (Å²) in [6.07, 6.45) is 2.87. The highest BCUT2D eigenvalue weighted by atomic mass is 19.4. The molecule has 1 N–H and O–H groups in total. The Labute approximate surface area is 225 Å². The summed E-state index contributed by atoms with van der Waals surface area (Å²) in [6.45, 7) is 5.31. The highest BCUT2D eigenvalue weighted by Crippen LogP contribution is 2.43. The summed E-state index contributed by atoms with van der Waals surface area (Å²) >= 11 is 0. The number of anilines is 1. The summed E-state index contributed by atoms with van der Waals surface area (Å²) in [5, 5.41) is 19.5.